The Bertz CT molecular complexity index is 808. The molecule has 3 rings (SSSR count). The smallest absolute Gasteiger partial charge is 0.410 e. The van der Waals surface area contributed by atoms with E-state index in [1.807, 2.05) is 47.6 Å². The summed E-state index contributed by atoms with van der Waals surface area (Å²) in [7, 11) is 0. The van der Waals surface area contributed by atoms with E-state index in [1.54, 1.807) is 11.0 Å². The number of hydrogen-bond acceptors (Lipinski definition) is 6. The second kappa shape index (κ2) is 8.13. The Morgan fingerprint density at radius 1 is 1.27 bits per heavy atom. The van der Waals surface area contributed by atoms with Crippen LogP contribution in [-0.2, 0) is 22.5 Å². The molecule has 7 nitrogen and oxygen atoms in total. The van der Waals surface area contributed by atoms with Crippen LogP contribution < -0.4 is 4.72 Å². The van der Waals surface area contributed by atoms with E-state index < -0.39 is 21.7 Å². The number of fused-ring (bicyclic) bond motifs is 1. The Hall–Kier alpha value is -1.64. The van der Waals surface area contributed by atoms with Gasteiger partial charge in [0.05, 0.1) is 6.04 Å². The zero-order valence-electron chi connectivity index (χ0n) is 18.8. The fourth-order valence-corrected chi connectivity index (χ4v) is 5.11. The molecule has 1 aromatic heterocycles. The monoisotopic (exact) mass is 435 g/mol. The summed E-state index contributed by atoms with van der Waals surface area (Å²) in [6.45, 7) is 12.6. The fraction of sp³-hybridized carbons (Fsp3) is 0.682. The lowest BCUT2D eigenvalue weighted by Gasteiger charge is -2.43. The van der Waals surface area contributed by atoms with Crippen LogP contribution in [-0.4, -0.2) is 50.3 Å². The number of nitrogens with one attached hydrogen (secondary N) is 1. The van der Waals surface area contributed by atoms with Gasteiger partial charge in [-0.25, -0.2) is 9.78 Å². The van der Waals surface area contributed by atoms with Crippen molar-refractivity contribution < 1.29 is 18.9 Å². The standard InChI is InChI=1S/C22H33N3O4S/c1-20(2,3)29-19(27)25-11-9-22(10-12-25)13-17-16(8-7-15(14-26)23-17)18(22)24-30(28)21(4,5)6/h7-8,14,18,24H,9-13H2,1-6H3/t18-,30?/m1/s1. The molecule has 1 saturated heterocycles. The van der Waals surface area contributed by atoms with Gasteiger partial charge in [-0.2, -0.15) is 0 Å². The largest absolute Gasteiger partial charge is 0.598 e. The van der Waals surface area contributed by atoms with Gasteiger partial charge in [0.2, 0.25) is 0 Å². The molecule has 2 heterocycles. The summed E-state index contributed by atoms with van der Waals surface area (Å²) in [6.07, 6.45) is 2.66. The number of aldehydes is 1. The molecule has 1 amide bonds. The van der Waals surface area contributed by atoms with Crippen molar-refractivity contribution in [2.24, 2.45) is 5.41 Å². The summed E-state index contributed by atoms with van der Waals surface area (Å²) in [5.74, 6) is 0. The molecular weight excluding hydrogens is 402 g/mol. The van der Waals surface area contributed by atoms with Crippen LogP contribution in [0.5, 0.6) is 0 Å². The molecule has 1 unspecified atom stereocenters. The number of ether oxygens (including phenoxy) is 1. The summed E-state index contributed by atoms with van der Waals surface area (Å²) < 4.78 is 21.4. The predicted molar refractivity (Wildman–Crippen MR) is 117 cm³/mol. The minimum absolute atomic E-state index is 0.137. The Morgan fingerprint density at radius 2 is 1.90 bits per heavy atom. The quantitative estimate of drug-likeness (QED) is 0.576. The van der Waals surface area contributed by atoms with E-state index in [4.69, 9.17) is 4.74 Å². The zero-order valence-corrected chi connectivity index (χ0v) is 19.6. The Labute approximate surface area is 182 Å². The van der Waals surface area contributed by atoms with Gasteiger partial charge in [-0.05, 0) is 72.4 Å². The van der Waals surface area contributed by atoms with E-state index >= 15 is 0 Å². The highest BCUT2D eigenvalue weighted by molar-refractivity contribution is 7.90. The molecule has 166 valence electrons. The van der Waals surface area contributed by atoms with E-state index in [9.17, 15) is 14.1 Å². The van der Waals surface area contributed by atoms with Crippen molar-refractivity contribution in [1.29, 1.82) is 0 Å². The minimum Gasteiger partial charge on any atom is -0.598 e. The lowest BCUT2D eigenvalue weighted by Crippen LogP contribution is -2.51. The summed E-state index contributed by atoms with van der Waals surface area (Å²) in [4.78, 5) is 30.0. The van der Waals surface area contributed by atoms with E-state index in [0.29, 0.717) is 25.2 Å². The first kappa shape index (κ1) is 23.0. The van der Waals surface area contributed by atoms with E-state index in [2.05, 4.69) is 9.71 Å². The molecule has 0 aromatic carbocycles. The molecule has 8 heteroatoms. The van der Waals surface area contributed by atoms with Crippen LogP contribution in [0, 0.1) is 5.41 Å². The highest BCUT2D eigenvalue weighted by Gasteiger charge is 2.51. The number of piperidine rings is 1. The van der Waals surface area contributed by atoms with Gasteiger partial charge in [0, 0.05) is 35.6 Å². The van der Waals surface area contributed by atoms with Crippen molar-refractivity contribution in [3.05, 3.63) is 29.1 Å². The molecule has 0 bridgehead atoms. The number of aromatic nitrogens is 1. The number of rotatable bonds is 3. The number of likely N-dealkylation sites (tertiary alicyclic amines) is 1. The summed E-state index contributed by atoms with van der Waals surface area (Å²) in [5.41, 5.74) is 1.57. The van der Waals surface area contributed by atoms with Gasteiger partial charge in [-0.3, -0.25) is 4.79 Å². The molecule has 1 N–H and O–H groups in total. The second-order valence-electron chi connectivity index (χ2n) is 10.3. The average Bonchev–Trinajstić information content (AvgIpc) is 2.92. The number of amides is 1. The van der Waals surface area contributed by atoms with Crippen LogP contribution in [0.1, 0.15) is 82.2 Å². The fourth-order valence-electron chi connectivity index (χ4n) is 4.16. The third kappa shape index (κ3) is 4.81. The normalized spacial score (nSPS) is 22.0. The zero-order chi connectivity index (χ0) is 22.3. The van der Waals surface area contributed by atoms with Gasteiger partial charge >= 0.3 is 6.09 Å². The third-order valence-electron chi connectivity index (χ3n) is 5.79. The van der Waals surface area contributed by atoms with Gasteiger partial charge < -0.3 is 14.2 Å². The van der Waals surface area contributed by atoms with Crippen molar-refractivity contribution in [3.63, 3.8) is 0 Å². The van der Waals surface area contributed by atoms with E-state index in [1.165, 1.54) is 0 Å². The third-order valence-corrected chi connectivity index (χ3v) is 7.35. The lowest BCUT2D eigenvalue weighted by molar-refractivity contribution is 0.00710. The molecular formula is C22H33N3O4S. The highest BCUT2D eigenvalue weighted by atomic mass is 32.2. The van der Waals surface area contributed by atoms with Crippen molar-refractivity contribution in [3.8, 4) is 0 Å². The molecule has 1 spiro atoms. The van der Waals surface area contributed by atoms with Gasteiger partial charge in [-0.15, -0.1) is 4.72 Å². The topological polar surface area (TPSA) is 94.6 Å². The summed E-state index contributed by atoms with van der Waals surface area (Å²) in [6, 6.07) is 3.51. The highest BCUT2D eigenvalue weighted by Crippen LogP contribution is 2.52. The number of nitrogens with zero attached hydrogens (tertiary/aromatic N) is 2. The van der Waals surface area contributed by atoms with Crippen molar-refractivity contribution in [2.75, 3.05) is 13.1 Å². The molecule has 1 fully saturated rings. The number of carbonyl (C=O) groups is 2. The van der Waals surface area contributed by atoms with Crippen LogP contribution in [0.25, 0.3) is 0 Å². The lowest BCUT2D eigenvalue weighted by atomic mass is 9.73. The summed E-state index contributed by atoms with van der Waals surface area (Å²) >= 11 is -1.25. The average molecular weight is 436 g/mol. The summed E-state index contributed by atoms with van der Waals surface area (Å²) in [5, 5.41) is 0. The minimum atomic E-state index is -1.25. The van der Waals surface area contributed by atoms with Crippen LogP contribution in [0.2, 0.25) is 0 Å². The Morgan fingerprint density at radius 3 is 2.43 bits per heavy atom. The van der Waals surface area contributed by atoms with Crippen LogP contribution in [0.15, 0.2) is 12.1 Å². The SMILES string of the molecule is CC(C)(C)OC(=O)N1CCC2(CC1)Cc1nc(C=O)ccc1[C@H]2N[S+]([O-])C(C)(C)C. The van der Waals surface area contributed by atoms with Crippen molar-refractivity contribution in [2.45, 2.75) is 77.2 Å². The molecule has 1 aromatic rings. The van der Waals surface area contributed by atoms with Crippen LogP contribution >= 0.6 is 0 Å². The molecule has 2 atom stereocenters. The predicted octanol–water partition coefficient (Wildman–Crippen LogP) is 3.56. The maximum Gasteiger partial charge on any atom is 0.410 e. The molecule has 0 saturated carbocycles. The first-order valence-electron chi connectivity index (χ1n) is 10.5. The van der Waals surface area contributed by atoms with Crippen LogP contribution in [0.3, 0.4) is 0 Å². The Kier molecular flexibility index (Phi) is 6.24. The van der Waals surface area contributed by atoms with E-state index in [-0.39, 0.29) is 17.6 Å². The Balaban J connectivity index is 1.83. The number of carbonyl (C=O) groups excluding carboxylic acids is 2. The van der Waals surface area contributed by atoms with Gasteiger partial charge in [-0.1, -0.05) is 6.07 Å². The van der Waals surface area contributed by atoms with Crippen molar-refractivity contribution in [1.82, 2.24) is 14.6 Å². The van der Waals surface area contributed by atoms with Gasteiger partial charge in [0.15, 0.2) is 6.29 Å². The molecule has 0 radical (unpaired) electrons. The van der Waals surface area contributed by atoms with Crippen molar-refractivity contribution >= 4 is 23.7 Å². The second-order valence-corrected chi connectivity index (χ2v) is 12.3. The van der Waals surface area contributed by atoms with E-state index in [0.717, 1.165) is 30.4 Å². The molecule has 1 aliphatic carbocycles. The van der Waals surface area contributed by atoms with Gasteiger partial charge in [0.25, 0.3) is 0 Å². The maximum atomic E-state index is 12.9. The molecule has 2 aliphatic rings. The van der Waals surface area contributed by atoms with Gasteiger partial charge in [0.1, 0.15) is 16.0 Å². The first-order chi connectivity index (χ1) is 13.8. The maximum absolute atomic E-state index is 12.9. The number of pyridine rings is 1. The molecule has 1 aliphatic heterocycles. The van der Waals surface area contributed by atoms with Crippen LogP contribution in [0.4, 0.5) is 4.79 Å². The molecule has 30 heavy (non-hydrogen) atoms. The first-order valence-corrected chi connectivity index (χ1v) is 11.6. The number of hydrogen-bond donors (Lipinski definition) is 1.